The molecule has 0 amide bonds. The summed E-state index contributed by atoms with van der Waals surface area (Å²) in [7, 11) is 0. The molecule has 548 valence electrons. The lowest BCUT2D eigenvalue weighted by Crippen LogP contribution is -2.46. The Morgan fingerprint density at radius 1 is 0.418 bits per heavy atom. The zero-order valence-corrected chi connectivity index (χ0v) is 60.9. The number of esters is 10. The molecule has 8 saturated carbocycles. The third kappa shape index (κ3) is 15.0. The molecule has 10 bridgehead atoms. The molecule has 8 heterocycles. The summed E-state index contributed by atoms with van der Waals surface area (Å²) in [6.07, 6.45) is 24.7. The van der Waals surface area contributed by atoms with Crippen LogP contribution in [0.2, 0.25) is 0 Å². The van der Waals surface area contributed by atoms with Crippen LogP contribution in [0.25, 0.3) is 0 Å². The van der Waals surface area contributed by atoms with Crippen LogP contribution in [0.1, 0.15) is 238 Å². The maximum atomic E-state index is 13.1. The number of fused-ring (bicyclic) bond motifs is 10. The zero-order chi connectivity index (χ0) is 70.6. The highest BCUT2D eigenvalue weighted by molar-refractivity contribution is 5.96. The van der Waals surface area contributed by atoms with Gasteiger partial charge in [-0.25, -0.2) is 9.59 Å². The van der Waals surface area contributed by atoms with Gasteiger partial charge in [-0.1, -0.05) is 76.2 Å². The van der Waals surface area contributed by atoms with Crippen molar-refractivity contribution in [2.75, 3.05) is 13.2 Å². The highest BCUT2D eigenvalue weighted by Crippen LogP contribution is 2.59. The van der Waals surface area contributed by atoms with Crippen molar-refractivity contribution in [3.05, 3.63) is 0 Å². The molecule has 0 aromatic carbocycles. The molecule has 16 fully saturated rings. The molecule has 8 aliphatic heterocycles. The second kappa shape index (κ2) is 30.1. The standard InChI is InChI=1S/C21H32O3.C17H28O3.2C14H20O4.2C6H8O3/c1-12-13(2)16-9-14(12)10-17(16)20(22)24-21(7-3-4-8-21)18-11-15-5-6-19(18)23-15;1-4-16(2,3)15(18)20-17(9-5-6-10-17)13-11-12-7-8-14(13)19-12;2*1-7-8(2)10-5-9(7)6-11(10)13(15)18-12-3-4-17-14(12)16;2*1-3-4(2)6(8)9-5(3)7/h12-19H,3-11H2,1-2H3;12-14H,4-11H2,1-3H3;2*7-12H,3-6H2,1-2H3;2*3-4H,1-2H3. The van der Waals surface area contributed by atoms with Crippen LogP contribution < -0.4 is 0 Å². The summed E-state index contributed by atoms with van der Waals surface area (Å²) >= 11 is 0. The highest BCUT2D eigenvalue weighted by atomic mass is 16.6. The van der Waals surface area contributed by atoms with Crippen LogP contribution in [0.15, 0.2) is 0 Å². The molecule has 0 aromatic rings. The van der Waals surface area contributed by atoms with Gasteiger partial charge in [0, 0.05) is 24.7 Å². The molecule has 20 nitrogen and oxygen atoms in total. The van der Waals surface area contributed by atoms with Crippen LogP contribution >= 0.6 is 0 Å². The molecular weight excluding hydrogens is 1260 g/mol. The first-order chi connectivity index (χ1) is 46.4. The first kappa shape index (κ1) is 74.2. The van der Waals surface area contributed by atoms with Crippen LogP contribution in [-0.4, -0.2) is 121 Å². The van der Waals surface area contributed by atoms with Gasteiger partial charge in [0.1, 0.15) is 11.2 Å². The Kier molecular flexibility index (Phi) is 22.8. The number of ether oxygens (including phenoxy) is 10. The van der Waals surface area contributed by atoms with Crippen molar-refractivity contribution < 1.29 is 95.3 Å². The Morgan fingerprint density at radius 2 is 0.755 bits per heavy atom. The minimum atomic E-state index is -0.649. The van der Waals surface area contributed by atoms with E-state index in [1.54, 1.807) is 27.7 Å². The molecule has 0 spiro atoms. The summed E-state index contributed by atoms with van der Waals surface area (Å²) in [4.78, 5) is 115. The van der Waals surface area contributed by atoms with Crippen molar-refractivity contribution in [2.24, 2.45) is 130 Å². The van der Waals surface area contributed by atoms with E-state index in [2.05, 4.69) is 57.9 Å². The first-order valence-corrected chi connectivity index (χ1v) is 38.5. The number of carbonyl (C=O) groups is 10. The average Bonchev–Trinajstić information content (AvgIpc) is 1.61. The van der Waals surface area contributed by atoms with Gasteiger partial charge in [0.25, 0.3) is 0 Å². The van der Waals surface area contributed by atoms with Gasteiger partial charge >= 0.3 is 59.7 Å². The molecule has 27 unspecified atom stereocenters. The van der Waals surface area contributed by atoms with Crippen molar-refractivity contribution in [2.45, 2.75) is 286 Å². The predicted molar refractivity (Wildman–Crippen MR) is 355 cm³/mol. The van der Waals surface area contributed by atoms with Crippen LogP contribution in [0, 0.1) is 130 Å². The van der Waals surface area contributed by atoms with Gasteiger partial charge in [-0.15, -0.1) is 0 Å². The van der Waals surface area contributed by atoms with Gasteiger partial charge in [-0.2, -0.15) is 0 Å². The first-order valence-electron chi connectivity index (χ1n) is 38.5. The van der Waals surface area contributed by atoms with E-state index >= 15 is 0 Å². The molecule has 8 saturated heterocycles. The van der Waals surface area contributed by atoms with Gasteiger partial charge in [0.05, 0.1) is 84.5 Å². The molecule has 0 radical (unpaired) electrons. The molecule has 16 rings (SSSR count). The van der Waals surface area contributed by atoms with Gasteiger partial charge in [0.2, 0.25) is 12.2 Å². The number of hydrogen-bond donors (Lipinski definition) is 0. The predicted octanol–water partition coefficient (Wildman–Crippen LogP) is 12.4. The van der Waals surface area contributed by atoms with Crippen LogP contribution in [-0.2, 0) is 95.3 Å². The average molecular weight is 1370 g/mol. The largest absolute Gasteiger partial charge is 0.463 e. The Labute approximate surface area is 581 Å². The lowest BCUT2D eigenvalue weighted by atomic mass is 9.74. The monoisotopic (exact) mass is 1370 g/mol. The van der Waals surface area contributed by atoms with E-state index in [-0.39, 0.29) is 93.9 Å². The quantitative estimate of drug-likeness (QED) is 0.106. The fraction of sp³-hybridized carbons (Fsp3) is 0.872. The molecule has 0 N–H and O–H groups in total. The maximum Gasteiger partial charge on any atom is 0.347 e. The van der Waals surface area contributed by atoms with Gasteiger partial charge < -0.3 is 47.4 Å². The maximum absolute atomic E-state index is 13.1. The minimum absolute atomic E-state index is 0.00889. The highest BCUT2D eigenvalue weighted by Gasteiger charge is 2.60. The van der Waals surface area contributed by atoms with E-state index in [0.29, 0.717) is 110 Å². The molecule has 0 aromatic heterocycles. The SMILES string of the molecule is CC1C(=O)OC(=O)C1C.CC1C(=O)OC(=O)C1C.CC1C2CC(C(=O)OC3(C4CC5CCC4O5)CCCC3)C(C2)C1C.CC1C2CC(C(=O)OC3CCOC3=O)C(C2)C1C.CC1C2CC(C(=O)OC3CCOC3=O)C(C2)C1C.CCC(C)(C)C(=O)OC1(C2CC3CCC2O3)CCCC1. The van der Waals surface area contributed by atoms with Crippen LogP contribution in [0.5, 0.6) is 0 Å². The smallest absolute Gasteiger partial charge is 0.347 e. The molecule has 16 aliphatic rings. The third-order valence-corrected chi connectivity index (χ3v) is 28.8. The molecule has 20 heteroatoms. The Morgan fingerprint density at radius 3 is 1.01 bits per heavy atom. The van der Waals surface area contributed by atoms with Gasteiger partial charge in [0.15, 0.2) is 0 Å². The summed E-state index contributed by atoms with van der Waals surface area (Å²) < 4.78 is 53.7. The number of hydrogen-bond acceptors (Lipinski definition) is 20. The van der Waals surface area contributed by atoms with Gasteiger partial charge in [-0.3, -0.25) is 38.4 Å². The zero-order valence-electron chi connectivity index (χ0n) is 60.9. The lowest BCUT2D eigenvalue weighted by molar-refractivity contribution is -0.179. The van der Waals surface area contributed by atoms with Crippen molar-refractivity contribution >= 4 is 59.7 Å². The van der Waals surface area contributed by atoms with Crippen molar-refractivity contribution in [1.29, 1.82) is 0 Å². The van der Waals surface area contributed by atoms with Crippen molar-refractivity contribution in [1.82, 2.24) is 0 Å². The summed E-state index contributed by atoms with van der Waals surface area (Å²) in [6, 6.07) is 0. The fourth-order valence-electron chi connectivity index (χ4n) is 20.8. The van der Waals surface area contributed by atoms with E-state index < -0.39 is 36.1 Å². The molecule has 27 atom stereocenters. The van der Waals surface area contributed by atoms with E-state index in [1.807, 2.05) is 13.8 Å². The molecular formula is C78H116O20. The van der Waals surface area contributed by atoms with Crippen LogP contribution in [0.3, 0.4) is 0 Å². The second-order valence-corrected chi connectivity index (χ2v) is 34.1. The third-order valence-electron chi connectivity index (χ3n) is 28.8. The van der Waals surface area contributed by atoms with E-state index in [9.17, 15) is 47.9 Å². The van der Waals surface area contributed by atoms with Crippen molar-refractivity contribution in [3.8, 4) is 0 Å². The summed E-state index contributed by atoms with van der Waals surface area (Å²) in [5.74, 6) is 5.21. The normalized spacial score (nSPS) is 43.2. The minimum Gasteiger partial charge on any atom is -0.463 e. The number of carbonyl (C=O) groups excluding carboxylic acids is 10. The molecule has 8 aliphatic carbocycles. The summed E-state index contributed by atoms with van der Waals surface area (Å²) in [6.45, 7) is 27.3. The summed E-state index contributed by atoms with van der Waals surface area (Å²) in [5.41, 5.74) is -0.773. The van der Waals surface area contributed by atoms with E-state index in [4.69, 9.17) is 37.9 Å². The number of cyclic esters (lactones) is 6. The second-order valence-electron chi connectivity index (χ2n) is 34.1. The Balaban J connectivity index is 0.000000123. The van der Waals surface area contributed by atoms with E-state index in [1.165, 1.54) is 51.4 Å². The topological polar surface area (TPSA) is 263 Å². The van der Waals surface area contributed by atoms with Crippen molar-refractivity contribution in [3.63, 3.8) is 0 Å². The molecule has 98 heavy (non-hydrogen) atoms. The van der Waals surface area contributed by atoms with Gasteiger partial charge in [-0.05, 0) is 220 Å². The summed E-state index contributed by atoms with van der Waals surface area (Å²) in [5, 5.41) is 0. The Hall–Kier alpha value is -4.98. The lowest BCUT2D eigenvalue weighted by Gasteiger charge is -2.40. The Bertz CT molecular complexity index is 2810. The van der Waals surface area contributed by atoms with Crippen LogP contribution in [0.4, 0.5) is 0 Å². The number of rotatable bonds is 11. The van der Waals surface area contributed by atoms with E-state index in [0.717, 1.165) is 107 Å². The fourth-order valence-corrected chi connectivity index (χ4v) is 20.8.